The number of rotatable bonds is 6. The van der Waals surface area contributed by atoms with Gasteiger partial charge in [0, 0.05) is 36.3 Å². The van der Waals surface area contributed by atoms with Crippen LogP contribution in [0.25, 0.3) is 0 Å². The Morgan fingerprint density at radius 2 is 1.96 bits per heavy atom. The first-order valence-electron chi connectivity index (χ1n) is 8.46. The van der Waals surface area contributed by atoms with Crippen LogP contribution in [0.2, 0.25) is 0 Å². The predicted octanol–water partition coefficient (Wildman–Crippen LogP) is 3.71. The van der Waals surface area contributed by atoms with Crippen molar-refractivity contribution in [2.75, 3.05) is 23.3 Å². The summed E-state index contributed by atoms with van der Waals surface area (Å²) in [6.07, 6.45) is 4.01. The SMILES string of the molecule is CC(Sc1ccc([N+](=O)[O-])cc1)C(=O)Nc1cccnc1N1CCCC1. The van der Waals surface area contributed by atoms with Crippen molar-refractivity contribution in [1.82, 2.24) is 4.98 Å². The van der Waals surface area contributed by atoms with Crippen LogP contribution in [0, 0.1) is 10.1 Å². The Hall–Kier alpha value is -2.61. The summed E-state index contributed by atoms with van der Waals surface area (Å²) >= 11 is 1.36. The zero-order valence-electron chi connectivity index (χ0n) is 14.4. The third-order valence-corrected chi connectivity index (χ3v) is 5.29. The van der Waals surface area contributed by atoms with Crippen LogP contribution in [0.1, 0.15) is 19.8 Å². The van der Waals surface area contributed by atoms with E-state index in [0.717, 1.165) is 42.3 Å². The molecule has 2 aromatic rings. The van der Waals surface area contributed by atoms with E-state index in [4.69, 9.17) is 0 Å². The van der Waals surface area contributed by atoms with Gasteiger partial charge in [0.25, 0.3) is 5.69 Å². The van der Waals surface area contributed by atoms with Gasteiger partial charge in [0.15, 0.2) is 5.82 Å². The van der Waals surface area contributed by atoms with Gasteiger partial charge in [-0.15, -0.1) is 11.8 Å². The fourth-order valence-electron chi connectivity index (χ4n) is 2.81. The number of carbonyl (C=O) groups excluding carboxylic acids is 1. The minimum atomic E-state index is -0.438. The summed E-state index contributed by atoms with van der Waals surface area (Å²) in [5, 5.41) is 13.3. The molecule has 3 rings (SSSR count). The molecule has 136 valence electrons. The number of nitrogens with zero attached hydrogens (tertiary/aromatic N) is 3. The number of non-ortho nitro benzene ring substituents is 1. The first-order valence-corrected chi connectivity index (χ1v) is 9.34. The molecule has 1 aliphatic heterocycles. The fraction of sp³-hybridized carbons (Fsp3) is 0.333. The zero-order chi connectivity index (χ0) is 18.5. The molecule has 1 amide bonds. The Balaban J connectivity index is 1.65. The van der Waals surface area contributed by atoms with E-state index in [1.165, 1.54) is 23.9 Å². The summed E-state index contributed by atoms with van der Waals surface area (Å²) in [6.45, 7) is 3.72. The van der Waals surface area contributed by atoms with Crippen molar-refractivity contribution >= 4 is 34.9 Å². The predicted molar refractivity (Wildman–Crippen MR) is 103 cm³/mol. The molecule has 0 saturated carbocycles. The minimum Gasteiger partial charge on any atom is -0.355 e. The highest BCUT2D eigenvalue weighted by Gasteiger charge is 2.20. The van der Waals surface area contributed by atoms with Crippen molar-refractivity contribution in [3.05, 3.63) is 52.7 Å². The maximum atomic E-state index is 12.6. The molecule has 0 radical (unpaired) electrons. The molecule has 0 aliphatic carbocycles. The van der Waals surface area contributed by atoms with Crippen LogP contribution in [0.4, 0.5) is 17.2 Å². The normalized spacial score (nSPS) is 14.9. The van der Waals surface area contributed by atoms with Crippen molar-refractivity contribution in [1.29, 1.82) is 0 Å². The van der Waals surface area contributed by atoms with Crippen molar-refractivity contribution in [2.45, 2.75) is 29.9 Å². The number of hydrogen-bond donors (Lipinski definition) is 1. The Morgan fingerprint density at radius 1 is 1.27 bits per heavy atom. The second-order valence-electron chi connectivity index (χ2n) is 6.07. The molecular weight excluding hydrogens is 352 g/mol. The maximum absolute atomic E-state index is 12.6. The van der Waals surface area contributed by atoms with Gasteiger partial charge < -0.3 is 10.2 Å². The molecule has 1 aromatic heterocycles. The monoisotopic (exact) mass is 372 g/mol. The summed E-state index contributed by atoms with van der Waals surface area (Å²) in [7, 11) is 0. The summed E-state index contributed by atoms with van der Waals surface area (Å²) in [6, 6.07) is 9.88. The number of carbonyl (C=O) groups is 1. The standard InChI is InChI=1S/C18H20N4O3S/c1-13(26-15-8-6-14(7-9-15)22(24)25)18(23)20-16-5-4-10-19-17(16)21-11-2-3-12-21/h4-10,13H,2-3,11-12H2,1H3,(H,20,23). The minimum absolute atomic E-state index is 0.0390. The lowest BCUT2D eigenvalue weighted by Gasteiger charge is -2.21. The molecular formula is C18H20N4O3S. The Morgan fingerprint density at radius 3 is 2.62 bits per heavy atom. The van der Waals surface area contributed by atoms with Gasteiger partial charge in [-0.25, -0.2) is 4.98 Å². The third-order valence-electron chi connectivity index (χ3n) is 4.18. The summed E-state index contributed by atoms with van der Waals surface area (Å²) in [5.74, 6) is 0.688. The summed E-state index contributed by atoms with van der Waals surface area (Å²) in [5.41, 5.74) is 0.757. The number of nitro groups is 1. The Kier molecular flexibility index (Phi) is 5.72. The Bertz CT molecular complexity index is 791. The fourth-order valence-corrected chi connectivity index (χ4v) is 3.68. The molecule has 1 aromatic carbocycles. The van der Waals surface area contributed by atoms with Crippen molar-refractivity contribution < 1.29 is 9.72 Å². The van der Waals surface area contributed by atoms with Crippen LogP contribution in [-0.4, -0.2) is 34.2 Å². The highest BCUT2D eigenvalue weighted by molar-refractivity contribution is 8.00. The smallest absolute Gasteiger partial charge is 0.269 e. The van der Waals surface area contributed by atoms with Crippen molar-refractivity contribution in [3.63, 3.8) is 0 Å². The van der Waals surface area contributed by atoms with E-state index in [1.54, 1.807) is 18.3 Å². The molecule has 8 heteroatoms. The van der Waals surface area contributed by atoms with Gasteiger partial charge >= 0.3 is 0 Å². The molecule has 7 nitrogen and oxygen atoms in total. The van der Waals surface area contributed by atoms with Gasteiger partial charge in [-0.2, -0.15) is 0 Å². The Labute approximate surface area is 156 Å². The van der Waals surface area contributed by atoms with Gasteiger partial charge in [-0.3, -0.25) is 14.9 Å². The molecule has 1 saturated heterocycles. The molecule has 0 bridgehead atoms. The first kappa shape index (κ1) is 18.2. The summed E-state index contributed by atoms with van der Waals surface area (Å²) < 4.78 is 0. The second-order valence-corrected chi connectivity index (χ2v) is 7.48. The topological polar surface area (TPSA) is 88.4 Å². The average molecular weight is 372 g/mol. The molecule has 2 heterocycles. The molecule has 1 atom stereocenters. The first-order chi connectivity index (χ1) is 12.5. The molecule has 1 aliphatic rings. The summed E-state index contributed by atoms with van der Waals surface area (Å²) in [4.78, 5) is 30.3. The molecule has 1 fully saturated rings. The highest BCUT2D eigenvalue weighted by atomic mass is 32.2. The number of benzene rings is 1. The molecule has 1 N–H and O–H groups in total. The molecule has 1 unspecified atom stereocenters. The lowest BCUT2D eigenvalue weighted by Crippen LogP contribution is -2.26. The average Bonchev–Trinajstić information content (AvgIpc) is 3.17. The number of thioether (sulfide) groups is 1. The van der Waals surface area contributed by atoms with Crippen LogP contribution >= 0.6 is 11.8 Å². The van der Waals surface area contributed by atoms with Gasteiger partial charge in [0.1, 0.15) is 0 Å². The van der Waals surface area contributed by atoms with E-state index in [2.05, 4.69) is 15.2 Å². The number of aromatic nitrogens is 1. The lowest BCUT2D eigenvalue weighted by atomic mass is 10.3. The number of amides is 1. The third kappa shape index (κ3) is 4.32. The van der Waals surface area contributed by atoms with E-state index in [1.807, 2.05) is 19.1 Å². The largest absolute Gasteiger partial charge is 0.355 e. The number of hydrogen-bond acceptors (Lipinski definition) is 6. The van der Waals surface area contributed by atoms with Crippen molar-refractivity contribution in [2.24, 2.45) is 0 Å². The van der Waals surface area contributed by atoms with Gasteiger partial charge in [0.2, 0.25) is 5.91 Å². The number of pyridine rings is 1. The van der Waals surface area contributed by atoms with Gasteiger partial charge in [0.05, 0.1) is 15.9 Å². The number of nitro benzene ring substituents is 1. The van der Waals surface area contributed by atoms with E-state index in [0.29, 0.717) is 0 Å². The zero-order valence-corrected chi connectivity index (χ0v) is 15.2. The number of anilines is 2. The van der Waals surface area contributed by atoms with Crippen LogP contribution in [-0.2, 0) is 4.79 Å². The van der Waals surface area contributed by atoms with E-state index in [9.17, 15) is 14.9 Å². The number of nitrogens with one attached hydrogen (secondary N) is 1. The van der Waals surface area contributed by atoms with Crippen LogP contribution in [0.3, 0.4) is 0 Å². The van der Waals surface area contributed by atoms with Gasteiger partial charge in [-0.05, 0) is 44.0 Å². The van der Waals surface area contributed by atoms with E-state index < -0.39 is 4.92 Å². The van der Waals surface area contributed by atoms with Gasteiger partial charge in [-0.1, -0.05) is 0 Å². The van der Waals surface area contributed by atoms with Crippen LogP contribution < -0.4 is 10.2 Å². The quantitative estimate of drug-likeness (QED) is 0.472. The van der Waals surface area contributed by atoms with Crippen LogP contribution in [0.5, 0.6) is 0 Å². The lowest BCUT2D eigenvalue weighted by molar-refractivity contribution is -0.384. The van der Waals surface area contributed by atoms with E-state index >= 15 is 0 Å². The maximum Gasteiger partial charge on any atom is 0.269 e. The molecule has 0 spiro atoms. The molecule has 26 heavy (non-hydrogen) atoms. The van der Waals surface area contributed by atoms with Crippen LogP contribution in [0.15, 0.2) is 47.5 Å². The van der Waals surface area contributed by atoms with E-state index in [-0.39, 0.29) is 16.8 Å². The van der Waals surface area contributed by atoms with Crippen molar-refractivity contribution in [3.8, 4) is 0 Å². The second kappa shape index (κ2) is 8.18. The highest BCUT2D eigenvalue weighted by Crippen LogP contribution is 2.29.